The molecule has 0 aliphatic carbocycles. The monoisotopic (exact) mass is 506 g/mol. The van der Waals surface area contributed by atoms with Crippen LogP contribution in [0, 0.1) is 0 Å². The number of phosphoric ester groups is 1. The molecule has 0 aliphatic rings. The molecule has 34 heavy (non-hydrogen) atoms. The lowest BCUT2D eigenvalue weighted by atomic mass is 10.0. The maximum atomic E-state index is 11.3. The van der Waals surface area contributed by atoms with Crippen LogP contribution in [-0.2, 0) is 18.6 Å². The van der Waals surface area contributed by atoms with Gasteiger partial charge in [0.05, 0.1) is 0 Å². The van der Waals surface area contributed by atoms with Crippen LogP contribution in [0.3, 0.4) is 0 Å². The lowest BCUT2D eigenvalue weighted by Gasteiger charge is -2.06. The minimum Gasteiger partial charge on any atom is -0.374 e. The van der Waals surface area contributed by atoms with E-state index in [0.717, 1.165) is 12.8 Å². The van der Waals surface area contributed by atoms with E-state index >= 15 is 0 Å². The van der Waals surface area contributed by atoms with Gasteiger partial charge in [-0.25, -0.2) is 4.57 Å². The Balaban J connectivity index is 3.11. The molecule has 0 rings (SSSR count). The van der Waals surface area contributed by atoms with Gasteiger partial charge in [0.25, 0.3) is 0 Å². The fourth-order valence-electron chi connectivity index (χ4n) is 4.20. The Bertz CT molecular complexity index is 480. The number of ketones is 1. The first-order valence-corrected chi connectivity index (χ1v) is 15.8. The molecule has 0 bridgehead atoms. The summed E-state index contributed by atoms with van der Waals surface area (Å²) in [4.78, 5) is 28.4. The van der Waals surface area contributed by atoms with Crippen molar-refractivity contribution in [3.8, 4) is 0 Å². The summed E-state index contributed by atoms with van der Waals surface area (Å²) < 4.78 is 19.9. The molecule has 0 saturated heterocycles. The summed E-state index contributed by atoms with van der Waals surface area (Å²) in [6, 6.07) is 0. The van der Waals surface area contributed by atoms with Crippen molar-refractivity contribution in [1.29, 1.82) is 0 Å². The SMILES string of the molecule is CCCCCCCCCCCCCCCCCCCCCCCCOCC(=O)COP(=O)(O)O. The molecule has 2 N–H and O–H groups in total. The van der Waals surface area contributed by atoms with Crippen LogP contribution in [0.5, 0.6) is 0 Å². The Kier molecular flexibility index (Phi) is 25.6. The summed E-state index contributed by atoms with van der Waals surface area (Å²) in [5, 5.41) is 0. The van der Waals surface area contributed by atoms with E-state index in [4.69, 9.17) is 14.5 Å². The number of unbranched alkanes of at least 4 members (excludes halogenated alkanes) is 21. The van der Waals surface area contributed by atoms with Crippen molar-refractivity contribution in [1.82, 2.24) is 0 Å². The Hall–Kier alpha value is -0.260. The number of carbonyl (C=O) groups is 1. The molecule has 0 fully saturated rings. The van der Waals surface area contributed by atoms with E-state index in [1.54, 1.807) is 0 Å². The predicted molar refractivity (Wildman–Crippen MR) is 141 cm³/mol. The Morgan fingerprint density at radius 1 is 0.559 bits per heavy atom. The number of Topliss-reactive ketones (excluding diaryl/α,β-unsaturated/α-hetero) is 1. The lowest BCUT2D eigenvalue weighted by molar-refractivity contribution is -0.126. The highest BCUT2D eigenvalue weighted by atomic mass is 31.2. The molecule has 0 aliphatic heterocycles. The molecule has 0 aromatic rings. The Morgan fingerprint density at radius 2 is 0.882 bits per heavy atom. The van der Waals surface area contributed by atoms with E-state index in [-0.39, 0.29) is 6.61 Å². The molecule has 0 atom stereocenters. The van der Waals surface area contributed by atoms with Crippen LogP contribution in [0.25, 0.3) is 0 Å². The number of hydrogen-bond acceptors (Lipinski definition) is 4. The van der Waals surface area contributed by atoms with Crippen molar-refractivity contribution in [2.24, 2.45) is 0 Å². The smallest absolute Gasteiger partial charge is 0.374 e. The molecule has 0 aromatic carbocycles. The molecule has 0 saturated carbocycles. The van der Waals surface area contributed by atoms with Gasteiger partial charge in [0.15, 0.2) is 5.78 Å². The van der Waals surface area contributed by atoms with Crippen LogP contribution in [0.15, 0.2) is 0 Å². The highest BCUT2D eigenvalue weighted by Gasteiger charge is 2.16. The van der Waals surface area contributed by atoms with Gasteiger partial charge in [-0.2, -0.15) is 0 Å². The van der Waals surface area contributed by atoms with E-state index < -0.39 is 20.2 Å². The van der Waals surface area contributed by atoms with Crippen LogP contribution in [0.1, 0.15) is 148 Å². The average Bonchev–Trinajstić information content (AvgIpc) is 2.80. The van der Waals surface area contributed by atoms with Crippen molar-refractivity contribution in [2.75, 3.05) is 19.8 Å². The van der Waals surface area contributed by atoms with Crippen LogP contribution in [0.4, 0.5) is 0 Å². The summed E-state index contributed by atoms with van der Waals surface area (Å²) in [6.07, 6.45) is 29.8. The largest absolute Gasteiger partial charge is 0.470 e. The first kappa shape index (κ1) is 33.7. The second kappa shape index (κ2) is 25.8. The number of hydrogen-bond donors (Lipinski definition) is 2. The van der Waals surface area contributed by atoms with E-state index in [2.05, 4.69) is 11.4 Å². The Labute approximate surface area is 210 Å². The molecular formula is C27H55O6P. The first-order chi connectivity index (χ1) is 16.5. The summed E-state index contributed by atoms with van der Waals surface area (Å²) >= 11 is 0. The standard InChI is InChI=1S/C27H55O6P/c1-2-3-4-5-6-7-8-9-10-11-12-13-14-15-16-17-18-19-20-21-22-23-24-32-25-27(28)26-33-34(29,30)31/h2-26H2,1H3,(H2,29,30,31). The third-order valence-corrected chi connectivity index (χ3v) is 6.76. The fraction of sp³-hybridized carbons (Fsp3) is 0.963. The van der Waals surface area contributed by atoms with Crippen molar-refractivity contribution < 1.29 is 28.4 Å². The lowest BCUT2D eigenvalue weighted by Crippen LogP contribution is -2.15. The van der Waals surface area contributed by atoms with Gasteiger partial charge < -0.3 is 14.5 Å². The van der Waals surface area contributed by atoms with Crippen LogP contribution in [0.2, 0.25) is 0 Å². The zero-order valence-electron chi connectivity index (χ0n) is 22.2. The summed E-state index contributed by atoms with van der Waals surface area (Å²) in [6.45, 7) is 2.02. The van der Waals surface area contributed by atoms with E-state index in [0.29, 0.717) is 6.61 Å². The van der Waals surface area contributed by atoms with Gasteiger partial charge in [-0.3, -0.25) is 9.32 Å². The molecule has 0 unspecified atom stereocenters. The van der Waals surface area contributed by atoms with E-state index in [1.165, 1.54) is 128 Å². The predicted octanol–water partition coefficient (Wildman–Crippen LogP) is 8.28. The number of carbonyl (C=O) groups excluding carboxylic acids is 1. The van der Waals surface area contributed by atoms with Gasteiger partial charge in [0.1, 0.15) is 13.2 Å². The second-order valence-corrected chi connectivity index (χ2v) is 11.0. The number of rotatable bonds is 28. The van der Waals surface area contributed by atoms with Crippen LogP contribution >= 0.6 is 7.82 Å². The molecule has 7 heteroatoms. The second-order valence-electron chi connectivity index (χ2n) is 9.78. The fourth-order valence-corrected chi connectivity index (χ4v) is 4.51. The molecule has 0 aromatic heterocycles. The van der Waals surface area contributed by atoms with Crippen molar-refractivity contribution >= 4 is 13.6 Å². The van der Waals surface area contributed by atoms with Crippen molar-refractivity contribution in [2.45, 2.75) is 148 Å². The minimum atomic E-state index is -4.58. The molecule has 6 nitrogen and oxygen atoms in total. The van der Waals surface area contributed by atoms with Crippen molar-refractivity contribution in [3.63, 3.8) is 0 Å². The summed E-state index contributed by atoms with van der Waals surface area (Å²) in [7, 11) is -4.58. The highest BCUT2D eigenvalue weighted by Crippen LogP contribution is 2.35. The molecular weight excluding hydrogens is 451 g/mol. The van der Waals surface area contributed by atoms with E-state index in [9.17, 15) is 9.36 Å². The van der Waals surface area contributed by atoms with Crippen LogP contribution < -0.4 is 0 Å². The maximum absolute atomic E-state index is 11.3. The van der Waals surface area contributed by atoms with Gasteiger partial charge in [0.2, 0.25) is 0 Å². The summed E-state index contributed by atoms with van der Waals surface area (Å²) in [5.74, 6) is -0.456. The maximum Gasteiger partial charge on any atom is 0.470 e. The average molecular weight is 507 g/mol. The summed E-state index contributed by atoms with van der Waals surface area (Å²) in [5.41, 5.74) is 0. The molecule has 0 heterocycles. The Morgan fingerprint density at radius 3 is 1.21 bits per heavy atom. The first-order valence-electron chi connectivity index (χ1n) is 14.2. The molecule has 0 spiro atoms. The van der Waals surface area contributed by atoms with Crippen LogP contribution in [-0.4, -0.2) is 35.4 Å². The topological polar surface area (TPSA) is 93.1 Å². The van der Waals surface area contributed by atoms with Gasteiger partial charge >= 0.3 is 7.82 Å². The normalized spacial score (nSPS) is 11.9. The van der Waals surface area contributed by atoms with Gasteiger partial charge in [-0.1, -0.05) is 142 Å². The molecule has 0 radical (unpaired) electrons. The van der Waals surface area contributed by atoms with Gasteiger partial charge in [-0.15, -0.1) is 0 Å². The number of phosphoric acid groups is 1. The number of ether oxygens (including phenoxy) is 1. The minimum absolute atomic E-state index is 0.154. The third-order valence-electron chi connectivity index (χ3n) is 6.30. The quantitative estimate of drug-likeness (QED) is 0.0819. The zero-order chi connectivity index (χ0) is 25.2. The van der Waals surface area contributed by atoms with E-state index in [1.807, 2.05) is 0 Å². The van der Waals surface area contributed by atoms with Gasteiger partial charge in [0, 0.05) is 6.61 Å². The third kappa shape index (κ3) is 29.8. The molecule has 0 amide bonds. The van der Waals surface area contributed by atoms with Gasteiger partial charge in [-0.05, 0) is 6.42 Å². The van der Waals surface area contributed by atoms with Crippen molar-refractivity contribution in [3.05, 3.63) is 0 Å². The molecule has 204 valence electrons. The zero-order valence-corrected chi connectivity index (χ0v) is 23.0. The highest BCUT2D eigenvalue weighted by molar-refractivity contribution is 7.46.